The van der Waals surface area contributed by atoms with Crippen molar-refractivity contribution < 1.29 is 18.7 Å². The third kappa shape index (κ3) is 3.00. The summed E-state index contributed by atoms with van der Waals surface area (Å²) in [5.41, 5.74) is -0.248. The topological polar surface area (TPSA) is 52.6 Å². The molecule has 0 saturated carbocycles. The molecule has 1 aromatic carbocycles. The zero-order chi connectivity index (χ0) is 15.6. The lowest BCUT2D eigenvalue weighted by atomic mass is 10.0. The van der Waals surface area contributed by atoms with Gasteiger partial charge < -0.3 is 15.3 Å². The van der Waals surface area contributed by atoms with Crippen molar-refractivity contribution in [2.75, 3.05) is 25.0 Å². The highest BCUT2D eigenvalue weighted by Crippen LogP contribution is 2.27. The van der Waals surface area contributed by atoms with Gasteiger partial charge in [-0.15, -0.1) is 0 Å². The second-order valence-electron chi connectivity index (χ2n) is 5.36. The molecular weight excluding hydrogens is 278 g/mol. The molecule has 2 N–H and O–H groups in total. The number of halogens is 2. The zero-order valence-electron chi connectivity index (χ0n) is 12.2. The smallest absolute Gasteiger partial charge is 0.254 e. The molecule has 0 spiro atoms. The van der Waals surface area contributed by atoms with Crippen LogP contribution in [0.15, 0.2) is 12.1 Å². The number of hydrogen-bond donors (Lipinski definition) is 2. The molecule has 116 valence electrons. The summed E-state index contributed by atoms with van der Waals surface area (Å²) >= 11 is 0. The van der Waals surface area contributed by atoms with E-state index in [-0.39, 0.29) is 29.8 Å². The van der Waals surface area contributed by atoms with Crippen LogP contribution in [0.5, 0.6) is 0 Å². The second-order valence-corrected chi connectivity index (χ2v) is 5.36. The molecule has 6 heteroatoms. The van der Waals surface area contributed by atoms with E-state index in [1.54, 1.807) is 6.92 Å². The van der Waals surface area contributed by atoms with Gasteiger partial charge in [0.15, 0.2) is 0 Å². The van der Waals surface area contributed by atoms with E-state index >= 15 is 0 Å². The van der Waals surface area contributed by atoms with Gasteiger partial charge in [-0.2, -0.15) is 0 Å². The van der Waals surface area contributed by atoms with Gasteiger partial charge in [0, 0.05) is 18.7 Å². The Bertz CT molecular complexity index is 513. The highest BCUT2D eigenvalue weighted by atomic mass is 19.1. The first-order chi connectivity index (χ1) is 9.99. The largest absolute Gasteiger partial charge is 0.394 e. The van der Waals surface area contributed by atoms with Gasteiger partial charge in [-0.25, -0.2) is 8.78 Å². The molecule has 0 aliphatic carbocycles. The minimum atomic E-state index is -0.784. The first kappa shape index (κ1) is 15.7. The maximum absolute atomic E-state index is 13.9. The Kier molecular flexibility index (Phi) is 4.77. The van der Waals surface area contributed by atoms with Crippen LogP contribution in [-0.2, 0) is 0 Å². The van der Waals surface area contributed by atoms with Crippen molar-refractivity contribution in [1.29, 1.82) is 0 Å². The first-order valence-electron chi connectivity index (χ1n) is 7.14. The monoisotopic (exact) mass is 298 g/mol. The average Bonchev–Trinajstić information content (AvgIpc) is 2.82. The minimum absolute atomic E-state index is 0.0285. The Balaban J connectivity index is 2.28. The van der Waals surface area contributed by atoms with Crippen LogP contribution in [0, 0.1) is 17.6 Å². The quantitative estimate of drug-likeness (QED) is 0.896. The Morgan fingerprint density at radius 2 is 2.05 bits per heavy atom. The summed E-state index contributed by atoms with van der Waals surface area (Å²) in [7, 11) is 0. The Morgan fingerprint density at radius 3 is 2.57 bits per heavy atom. The maximum Gasteiger partial charge on any atom is 0.254 e. The van der Waals surface area contributed by atoms with Crippen LogP contribution in [0.4, 0.5) is 14.5 Å². The van der Waals surface area contributed by atoms with Crippen molar-refractivity contribution in [3.05, 3.63) is 29.3 Å². The lowest BCUT2D eigenvalue weighted by Crippen LogP contribution is -2.39. The molecule has 0 aromatic heterocycles. The highest BCUT2D eigenvalue weighted by Gasteiger charge is 2.34. The van der Waals surface area contributed by atoms with Crippen molar-refractivity contribution in [2.45, 2.75) is 26.3 Å². The summed E-state index contributed by atoms with van der Waals surface area (Å²) in [6.07, 6.45) is 0.775. The van der Waals surface area contributed by atoms with Gasteiger partial charge in [0.2, 0.25) is 0 Å². The summed E-state index contributed by atoms with van der Waals surface area (Å²) in [5, 5.41) is 12.0. The Morgan fingerprint density at radius 1 is 1.43 bits per heavy atom. The van der Waals surface area contributed by atoms with Crippen molar-refractivity contribution in [3.63, 3.8) is 0 Å². The highest BCUT2D eigenvalue weighted by molar-refractivity contribution is 5.95. The third-order valence-electron chi connectivity index (χ3n) is 3.97. The van der Waals surface area contributed by atoms with Crippen LogP contribution >= 0.6 is 0 Å². The average molecular weight is 298 g/mol. The van der Waals surface area contributed by atoms with Crippen LogP contribution < -0.4 is 5.32 Å². The second kappa shape index (κ2) is 6.39. The molecule has 2 atom stereocenters. The molecule has 1 heterocycles. The fraction of sp³-hybridized carbons (Fsp3) is 0.533. The lowest BCUT2D eigenvalue weighted by Gasteiger charge is -2.25. The molecule has 1 aliphatic rings. The maximum atomic E-state index is 13.9. The summed E-state index contributed by atoms with van der Waals surface area (Å²) in [6.45, 7) is 4.41. The van der Waals surface area contributed by atoms with Gasteiger partial charge in [-0.05, 0) is 31.4 Å². The van der Waals surface area contributed by atoms with Crippen molar-refractivity contribution in [2.24, 2.45) is 5.92 Å². The molecule has 2 rings (SSSR count). The van der Waals surface area contributed by atoms with Crippen molar-refractivity contribution >= 4 is 11.6 Å². The number of nitrogens with one attached hydrogen (secondary N) is 1. The summed E-state index contributed by atoms with van der Waals surface area (Å²) in [5.74, 6) is -1.84. The lowest BCUT2D eigenvalue weighted by molar-refractivity contribution is 0.0647. The third-order valence-corrected chi connectivity index (χ3v) is 3.97. The Hall–Kier alpha value is -1.69. The van der Waals surface area contributed by atoms with E-state index < -0.39 is 17.5 Å². The standard InChI is InChI=1S/C15H20F2N2O2/c1-3-18-14-11(16)6-10(7-12(14)17)15(21)19-5-4-9(2)13(19)8-20/h6-7,9,13,18,20H,3-5,8H2,1-2H3. The molecule has 1 aliphatic heterocycles. The van der Waals surface area contributed by atoms with Gasteiger partial charge >= 0.3 is 0 Å². The number of aliphatic hydroxyl groups excluding tert-OH is 1. The van der Waals surface area contributed by atoms with E-state index in [0.717, 1.165) is 18.6 Å². The normalized spacial score (nSPS) is 21.7. The fourth-order valence-electron chi connectivity index (χ4n) is 2.75. The molecule has 1 amide bonds. The summed E-state index contributed by atoms with van der Waals surface area (Å²) in [4.78, 5) is 13.9. The number of aliphatic hydroxyl groups is 1. The van der Waals surface area contributed by atoms with E-state index in [4.69, 9.17) is 0 Å². The fourth-order valence-corrected chi connectivity index (χ4v) is 2.75. The SMILES string of the molecule is CCNc1c(F)cc(C(=O)N2CCC(C)C2CO)cc1F. The van der Waals surface area contributed by atoms with Crippen molar-refractivity contribution in [3.8, 4) is 0 Å². The molecule has 2 unspecified atom stereocenters. The van der Waals surface area contributed by atoms with Gasteiger partial charge in [0.05, 0.1) is 12.6 Å². The van der Waals surface area contributed by atoms with E-state index in [0.29, 0.717) is 13.1 Å². The minimum Gasteiger partial charge on any atom is -0.394 e. The van der Waals surface area contributed by atoms with E-state index in [9.17, 15) is 18.7 Å². The number of carbonyl (C=O) groups is 1. The van der Waals surface area contributed by atoms with Gasteiger partial charge in [0.1, 0.15) is 17.3 Å². The number of nitrogens with zero attached hydrogens (tertiary/aromatic N) is 1. The first-order valence-corrected chi connectivity index (χ1v) is 7.14. The molecule has 1 aromatic rings. The molecule has 0 radical (unpaired) electrons. The van der Waals surface area contributed by atoms with Crippen LogP contribution in [0.2, 0.25) is 0 Å². The Labute approximate surface area is 122 Å². The van der Waals surface area contributed by atoms with Crippen LogP contribution in [0.3, 0.4) is 0 Å². The van der Waals surface area contributed by atoms with E-state index in [1.807, 2.05) is 6.92 Å². The van der Waals surface area contributed by atoms with E-state index in [2.05, 4.69) is 5.32 Å². The number of likely N-dealkylation sites (tertiary alicyclic amines) is 1. The van der Waals surface area contributed by atoms with Gasteiger partial charge in [-0.1, -0.05) is 6.92 Å². The molecule has 1 fully saturated rings. The summed E-state index contributed by atoms with van der Waals surface area (Å²) < 4.78 is 27.8. The number of benzene rings is 1. The molecule has 4 nitrogen and oxygen atoms in total. The number of carbonyl (C=O) groups excluding carboxylic acids is 1. The van der Waals surface area contributed by atoms with Crippen LogP contribution in [0.1, 0.15) is 30.6 Å². The molecule has 1 saturated heterocycles. The predicted octanol–water partition coefficient (Wildman–Crippen LogP) is 2.24. The van der Waals surface area contributed by atoms with Crippen LogP contribution in [-0.4, -0.2) is 41.7 Å². The molecular formula is C15H20F2N2O2. The summed E-state index contributed by atoms with van der Waals surface area (Å²) in [6, 6.07) is 1.79. The number of hydrogen-bond acceptors (Lipinski definition) is 3. The van der Waals surface area contributed by atoms with Crippen LogP contribution in [0.25, 0.3) is 0 Å². The van der Waals surface area contributed by atoms with Crippen molar-refractivity contribution in [1.82, 2.24) is 4.90 Å². The molecule has 21 heavy (non-hydrogen) atoms. The zero-order valence-corrected chi connectivity index (χ0v) is 12.2. The van der Waals surface area contributed by atoms with E-state index in [1.165, 1.54) is 4.90 Å². The number of amides is 1. The molecule has 0 bridgehead atoms. The van der Waals surface area contributed by atoms with Gasteiger partial charge in [0.25, 0.3) is 5.91 Å². The number of rotatable bonds is 4. The predicted molar refractivity (Wildman–Crippen MR) is 76.2 cm³/mol. The van der Waals surface area contributed by atoms with Gasteiger partial charge in [-0.3, -0.25) is 4.79 Å². The number of anilines is 1.